The van der Waals surface area contributed by atoms with Gasteiger partial charge in [-0.15, -0.1) is 0 Å². The van der Waals surface area contributed by atoms with E-state index in [-0.39, 0.29) is 5.78 Å². The third-order valence-electron chi connectivity index (χ3n) is 4.45. The van der Waals surface area contributed by atoms with Gasteiger partial charge in [0, 0.05) is 23.6 Å². The Morgan fingerprint density at radius 1 is 1.07 bits per heavy atom. The SMILES string of the molecule is CC(=O)c1ccc2nc(Oc3ccc(OCCCN(C)C)cc3C)ccc2c1. The van der Waals surface area contributed by atoms with Gasteiger partial charge in [0.2, 0.25) is 5.88 Å². The summed E-state index contributed by atoms with van der Waals surface area (Å²) >= 11 is 0. The van der Waals surface area contributed by atoms with E-state index in [1.165, 1.54) is 0 Å². The maximum atomic E-state index is 11.5. The summed E-state index contributed by atoms with van der Waals surface area (Å²) in [7, 11) is 4.11. The average Bonchev–Trinajstić information content (AvgIpc) is 2.66. The predicted molar refractivity (Wildman–Crippen MR) is 112 cm³/mol. The number of ketones is 1. The number of pyridine rings is 1. The van der Waals surface area contributed by atoms with Gasteiger partial charge in [-0.25, -0.2) is 4.98 Å². The van der Waals surface area contributed by atoms with Crippen LogP contribution < -0.4 is 9.47 Å². The van der Waals surface area contributed by atoms with Gasteiger partial charge in [0.1, 0.15) is 11.5 Å². The number of aromatic nitrogens is 1. The van der Waals surface area contributed by atoms with Gasteiger partial charge in [-0.3, -0.25) is 4.79 Å². The summed E-state index contributed by atoms with van der Waals surface area (Å²) in [5.74, 6) is 2.15. The van der Waals surface area contributed by atoms with Crippen molar-refractivity contribution in [1.82, 2.24) is 9.88 Å². The van der Waals surface area contributed by atoms with Crippen LogP contribution in [0.15, 0.2) is 48.5 Å². The summed E-state index contributed by atoms with van der Waals surface area (Å²) in [5.41, 5.74) is 2.46. The number of hydrogen-bond donors (Lipinski definition) is 0. The van der Waals surface area contributed by atoms with Gasteiger partial charge in [0.25, 0.3) is 0 Å². The fourth-order valence-electron chi connectivity index (χ4n) is 2.89. The molecule has 1 aromatic heterocycles. The van der Waals surface area contributed by atoms with E-state index in [1.54, 1.807) is 13.0 Å². The minimum absolute atomic E-state index is 0.0434. The Hall–Kier alpha value is -2.92. The van der Waals surface area contributed by atoms with Crippen LogP contribution in [0, 0.1) is 6.92 Å². The van der Waals surface area contributed by atoms with E-state index in [0.29, 0.717) is 18.1 Å². The summed E-state index contributed by atoms with van der Waals surface area (Å²) in [6.07, 6.45) is 0.983. The van der Waals surface area contributed by atoms with Gasteiger partial charge in [-0.1, -0.05) is 0 Å². The average molecular weight is 378 g/mol. The number of fused-ring (bicyclic) bond motifs is 1. The van der Waals surface area contributed by atoms with Crippen LogP contribution in [0.25, 0.3) is 10.9 Å². The number of hydrogen-bond acceptors (Lipinski definition) is 5. The standard InChI is InChI=1S/C23H26N2O3/c1-16-14-20(27-13-5-12-25(3)4)8-10-22(16)28-23-11-7-19-15-18(17(2)26)6-9-21(19)24-23/h6-11,14-15H,5,12-13H2,1-4H3. The van der Waals surface area contributed by atoms with Crippen LogP contribution >= 0.6 is 0 Å². The first-order valence-corrected chi connectivity index (χ1v) is 9.40. The molecule has 3 aromatic rings. The topological polar surface area (TPSA) is 51.7 Å². The van der Waals surface area contributed by atoms with Crippen molar-refractivity contribution in [1.29, 1.82) is 0 Å². The van der Waals surface area contributed by atoms with Crippen LogP contribution in [0.3, 0.4) is 0 Å². The van der Waals surface area contributed by atoms with E-state index in [0.717, 1.165) is 40.9 Å². The molecule has 3 rings (SSSR count). The van der Waals surface area contributed by atoms with Crippen molar-refractivity contribution in [2.45, 2.75) is 20.3 Å². The summed E-state index contributed by atoms with van der Waals surface area (Å²) in [5, 5.41) is 0.915. The molecule has 0 radical (unpaired) electrons. The number of benzene rings is 2. The Morgan fingerprint density at radius 3 is 2.61 bits per heavy atom. The first-order valence-electron chi connectivity index (χ1n) is 9.40. The minimum atomic E-state index is 0.0434. The van der Waals surface area contributed by atoms with E-state index in [9.17, 15) is 4.79 Å². The lowest BCUT2D eigenvalue weighted by molar-refractivity contribution is 0.101. The van der Waals surface area contributed by atoms with Gasteiger partial charge in [0.15, 0.2) is 5.78 Å². The quantitative estimate of drug-likeness (QED) is 0.413. The molecule has 146 valence electrons. The zero-order valence-corrected chi connectivity index (χ0v) is 16.9. The summed E-state index contributed by atoms with van der Waals surface area (Å²) in [6, 6.07) is 15.0. The molecular formula is C23H26N2O3. The van der Waals surface area contributed by atoms with Crippen molar-refractivity contribution in [3.8, 4) is 17.4 Å². The number of aryl methyl sites for hydroxylation is 1. The van der Waals surface area contributed by atoms with Crippen molar-refractivity contribution in [3.63, 3.8) is 0 Å². The van der Waals surface area contributed by atoms with Crippen molar-refractivity contribution < 1.29 is 14.3 Å². The van der Waals surface area contributed by atoms with E-state index >= 15 is 0 Å². The maximum Gasteiger partial charge on any atom is 0.219 e. The van der Waals surface area contributed by atoms with E-state index in [1.807, 2.05) is 49.4 Å². The molecule has 0 aliphatic heterocycles. The van der Waals surface area contributed by atoms with Crippen molar-refractivity contribution >= 4 is 16.7 Å². The van der Waals surface area contributed by atoms with Crippen LogP contribution in [0.4, 0.5) is 0 Å². The predicted octanol–water partition coefficient (Wildman–Crippen LogP) is 4.87. The molecule has 0 aliphatic rings. The lowest BCUT2D eigenvalue weighted by Gasteiger charge is -2.13. The normalized spacial score (nSPS) is 11.0. The van der Waals surface area contributed by atoms with Gasteiger partial charge in [0.05, 0.1) is 12.1 Å². The Morgan fingerprint density at radius 2 is 1.89 bits per heavy atom. The maximum absolute atomic E-state index is 11.5. The largest absolute Gasteiger partial charge is 0.494 e. The highest BCUT2D eigenvalue weighted by Crippen LogP contribution is 2.28. The van der Waals surface area contributed by atoms with E-state index < -0.39 is 0 Å². The van der Waals surface area contributed by atoms with Gasteiger partial charge in [-0.05, 0) is 82.4 Å². The Labute approximate surface area is 165 Å². The second-order valence-electron chi connectivity index (χ2n) is 7.15. The molecule has 0 N–H and O–H groups in total. The molecule has 5 nitrogen and oxygen atoms in total. The van der Waals surface area contributed by atoms with Crippen LogP contribution in [-0.4, -0.2) is 42.9 Å². The lowest BCUT2D eigenvalue weighted by atomic mass is 10.1. The first kappa shape index (κ1) is 19.8. The Kier molecular flexibility index (Phi) is 6.26. The summed E-state index contributed by atoms with van der Waals surface area (Å²) in [4.78, 5) is 18.2. The zero-order chi connectivity index (χ0) is 20.1. The fourth-order valence-corrected chi connectivity index (χ4v) is 2.89. The lowest BCUT2D eigenvalue weighted by Crippen LogP contribution is -2.15. The first-order chi connectivity index (χ1) is 13.4. The number of nitrogens with zero attached hydrogens (tertiary/aromatic N) is 2. The number of ether oxygens (including phenoxy) is 2. The number of carbonyl (C=O) groups is 1. The molecule has 0 atom stereocenters. The van der Waals surface area contributed by atoms with Crippen molar-refractivity contribution in [2.75, 3.05) is 27.2 Å². The molecular weight excluding hydrogens is 352 g/mol. The second kappa shape index (κ2) is 8.85. The van der Waals surface area contributed by atoms with Crippen LogP contribution in [0.2, 0.25) is 0 Å². The minimum Gasteiger partial charge on any atom is -0.494 e. The Balaban J connectivity index is 1.69. The fraction of sp³-hybridized carbons (Fsp3) is 0.304. The molecule has 28 heavy (non-hydrogen) atoms. The van der Waals surface area contributed by atoms with Crippen molar-refractivity contribution in [3.05, 3.63) is 59.7 Å². The van der Waals surface area contributed by atoms with Crippen LogP contribution in [0.1, 0.15) is 29.3 Å². The third-order valence-corrected chi connectivity index (χ3v) is 4.45. The molecule has 0 bridgehead atoms. The van der Waals surface area contributed by atoms with Crippen LogP contribution in [-0.2, 0) is 0 Å². The highest BCUT2D eigenvalue weighted by molar-refractivity contribution is 5.97. The molecule has 0 aliphatic carbocycles. The Bertz CT molecular complexity index is 983. The number of rotatable bonds is 8. The monoisotopic (exact) mass is 378 g/mol. The molecule has 0 amide bonds. The van der Waals surface area contributed by atoms with Gasteiger partial charge < -0.3 is 14.4 Å². The van der Waals surface area contributed by atoms with Gasteiger partial charge in [-0.2, -0.15) is 0 Å². The second-order valence-corrected chi connectivity index (χ2v) is 7.15. The van der Waals surface area contributed by atoms with E-state index in [4.69, 9.17) is 9.47 Å². The molecule has 0 spiro atoms. The molecule has 0 unspecified atom stereocenters. The summed E-state index contributed by atoms with van der Waals surface area (Å²) < 4.78 is 11.8. The molecule has 2 aromatic carbocycles. The third kappa shape index (κ3) is 5.08. The molecule has 5 heteroatoms. The van der Waals surface area contributed by atoms with Crippen molar-refractivity contribution in [2.24, 2.45) is 0 Å². The highest BCUT2D eigenvalue weighted by atomic mass is 16.5. The number of Topliss-reactive ketones (excluding diaryl/α,β-unsaturated/α-hetero) is 1. The molecule has 0 saturated heterocycles. The smallest absolute Gasteiger partial charge is 0.219 e. The van der Waals surface area contributed by atoms with E-state index in [2.05, 4.69) is 24.0 Å². The molecule has 0 saturated carbocycles. The zero-order valence-electron chi connectivity index (χ0n) is 16.9. The van der Waals surface area contributed by atoms with Gasteiger partial charge >= 0.3 is 0 Å². The van der Waals surface area contributed by atoms with Crippen LogP contribution in [0.5, 0.6) is 17.4 Å². The highest BCUT2D eigenvalue weighted by Gasteiger charge is 2.07. The number of carbonyl (C=O) groups excluding carboxylic acids is 1. The molecule has 0 fully saturated rings. The summed E-state index contributed by atoms with van der Waals surface area (Å²) in [6.45, 7) is 5.24. The molecule has 1 heterocycles.